The highest BCUT2D eigenvalue weighted by atomic mass is 32.2. The van der Waals surface area contributed by atoms with Gasteiger partial charge in [0.15, 0.2) is 0 Å². The van der Waals surface area contributed by atoms with E-state index in [9.17, 15) is 0 Å². The van der Waals surface area contributed by atoms with Gasteiger partial charge in [0.2, 0.25) is 0 Å². The third-order valence-electron chi connectivity index (χ3n) is 3.15. The molecule has 0 bridgehead atoms. The summed E-state index contributed by atoms with van der Waals surface area (Å²) in [5, 5.41) is 3.54. The Morgan fingerprint density at radius 3 is 3.25 bits per heavy atom. The highest BCUT2D eigenvalue weighted by Gasteiger charge is 2.21. The van der Waals surface area contributed by atoms with Crippen LogP contribution < -0.4 is 5.32 Å². The summed E-state index contributed by atoms with van der Waals surface area (Å²) in [4.78, 5) is 4.31. The van der Waals surface area contributed by atoms with E-state index in [0.29, 0.717) is 12.1 Å². The lowest BCUT2D eigenvalue weighted by molar-refractivity contribution is 0.524. The normalized spacial score (nSPS) is 22.5. The van der Waals surface area contributed by atoms with E-state index >= 15 is 0 Å². The van der Waals surface area contributed by atoms with Gasteiger partial charge in [-0.25, -0.2) is 4.98 Å². The molecule has 1 aromatic heterocycles. The standard InChI is InChI=1S/C12H21N3S/c1-3-16-8-10(2)15-9-13-7-12(15)11-5-4-6-14-11/h7,9-11,14H,3-6,8H2,1-2H3/t10?,11-/m0/s1. The summed E-state index contributed by atoms with van der Waals surface area (Å²) in [5.41, 5.74) is 1.36. The second-order valence-electron chi connectivity index (χ2n) is 4.38. The van der Waals surface area contributed by atoms with Gasteiger partial charge < -0.3 is 9.88 Å². The molecule has 1 aliphatic rings. The first kappa shape index (κ1) is 12.0. The molecule has 0 aliphatic carbocycles. The topological polar surface area (TPSA) is 29.9 Å². The molecule has 0 saturated carbocycles. The molecule has 0 amide bonds. The zero-order valence-corrected chi connectivity index (χ0v) is 11.0. The summed E-state index contributed by atoms with van der Waals surface area (Å²) in [5.74, 6) is 2.36. The number of nitrogens with one attached hydrogen (secondary N) is 1. The van der Waals surface area contributed by atoms with Crippen molar-refractivity contribution in [2.24, 2.45) is 0 Å². The first-order valence-electron chi connectivity index (χ1n) is 6.15. The van der Waals surface area contributed by atoms with Crippen LogP contribution in [-0.4, -0.2) is 27.6 Å². The Morgan fingerprint density at radius 1 is 1.69 bits per heavy atom. The third-order valence-corrected chi connectivity index (χ3v) is 4.28. The van der Waals surface area contributed by atoms with Gasteiger partial charge in [0.1, 0.15) is 0 Å². The van der Waals surface area contributed by atoms with Crippen molar-refractivity contribution in [3.63, 3.8) is 0 Å². The van der Waals surface area contributed by atoms with E-state index in [0.717, 1.165) is 6.54 Å². The van der Waals surface area contributed by atoms with E-state index in [1.165, 1.54) is 30.0 Å². The Bertz CT molecular complexity index is 318. The van der Waals surface area contributed by atoms with Crippen LogP contribution in [0.4, 0.5) is 0 Å². The minimum absolute atomic E-state index is 0.525. The quantitative estimate of drug-likeness (QED) is 0.856. The average molecular weight is 239 g/mol. The molecule has 1 aliphatic heterocycles. The predicted molar refractivity (Wildman–Crippen MR) is 69.9 cm³/mol. The highest BCUT2D eigenvalue weighted by molar-refractivity contribution is 7.99. The van der Waals surface area contributed by atoms with Crippen molar-refractivity contribution < 1.29 is 0 Å². The van der Waals surface area contributed by atoms with Crippen molar-refractivity contribution in [3.8, 4) is 0 Å². The predicted octanol–water partition coefficient (Wildman–Crippen LogP) is 2.62. The van der Waals surface area contributed by atoms with Gasteiger partial charge in [-0.05, 0) is 32.1 Å². The molecule has 1 fully saturated rings. The zero-order chi connectivity index (χ0) is 11.4. The Morgan fingerprint density at radius 2 is 2.56 bits per heavy atom. The van der Waals surface area contributed by atoms with Crippen LogP contribution >= 0.6 is 11.8 Å². The van der Waals surface area contributed by atoms with Gasteiger partial charge in [-0.1, -0.05) is 6.92 Å². The minimum atomic E-state index is 0.525. The summed E-state index contributed by atoms with van der Waals surface area (Å²) in [6.07, 6.45) is 6.54. The molecule has 1 aromatic rings. The van der Waals surface area contributed by atoms with Gasteiger partial charge in [-0.3, -0.25) is 0 Å². The number of hydrogen-bond donors (Lipinski definition) is 1. The second-order valence-corrected chi connectivity index (χ2v) is 5.70. The van der Waals surface area contributed by atoms with Crippen molar-refractivity contribution in [2.75, 3.05) is 18.1 Å². The van der Waals surface area contributed by atoms with Crippen LogP contribution in [0.5, 0.6) is 0 Å². The van der Waals surface area contributed by atoms with Crippen molar-refractivity contribution in [2.45, 2.75) is 38.8 Å². The number of imidazole rings is 1. The fourth-order valence-corrected chi connectivity index (χ4v) is 3.00. The van der Waals surface area contributed by atoms with Crippen LogP contribution in [0, 0.1) is 0 Å². The molecule has 3 nitrogen and oxygen atoms in total. The van der Waals surface area contributed by atoms with E-state index in [1.54, 1.807) is 0 Å². The van der Waals surface area contributed by atoms with Crippen LogP contribution in [0.1, 0.15) is 44.5 Å². The van der Waals surface area contributed by atoms with Crippen LogP contribution in [0.15, 0.2) is 12.5 Å². The summed E-state index contributed by atoms with van der Waals surface area (Å²) in [6, 6.07) is 1.07. The molecule has 2 heterocycles. The molecule has 16 heavy (non-hydrogen) atoms. The van der Waals surface area contributed by atoms with Crippen LogP contribution in [0.2, 0.25) is 0 Å². The molecule has 2 rings (SSSR count). The molecule has 1 unspecified atom stereocenters. The summed E-state index contributed by atoms with van der Waals surface area (Å²) >= 11 is 2.00. The lowest BCUT2D eigenvalue weighted by Gasteiger charge is -2.19. The maximum absolute atomic E-state index is 4.31. The lowest BCUT2D eigenvalue weighted by atomic mass is 10.1. The summed E-state index contributed by atoms with van der Waals surface area (Å²) in [7, 11) is 0. The second kappa shape index (κ2) is 5.73. The maximum atomic E-state index is 4.31. The molecule has 0 spiro atoms. The van der Waals surface area contributed by atoms with Crippen LogP contribution in [-0.2, 0) is 0 Å². The Kier molecular flexibility index (Phi) is 4.29. The summed E-state index contributed by atoms with van der Waals surface area (Å²) < 4.78 is 2.34. The average Bonchev–Trinajstić information content (AvgIpc) is 2.94. The van der Waals surface area contributed by atoms with Crippen molar-refractivity contribution in [1.82, 2.24) is 14.9 Å². The van der Waals surface area contributed by atoms with Gasteiger partial charge in [0.05, 0.1) is 12.0 Å². The summed E-state index contributed by atoms with van der Waals surface area (Å²) in [6.45, 7) is 5.64. The van der Waals surface area contributed by atoms with Gasteiger partial charge >= 0.3 is 0 Å². The fourth-order valence-electron chi connectivity index (χ4n) is 2.26. The molecule has 0 radical (unpaired) electrons. The van der Waals surface area contributed by atoms with E-state index in [1.807, 2.05) is 24.3 Å². The third kappa shape index (κ3) is 2.61. The number of hydrogen-bond acceptors (Lipinski definition) is 3. The highest BCUT2D eigenvalue weighted by Crippen LogP contribution is 2.26. The van der Waals surface area contributed by atoms with E-state index < -0.39 is 0 Å². The number of thioether (sulfide) groups is 1. The number of rotatable bonds is 5. The maximum Gasteiger partial charge on any atom is 0.0951 e. The first-order chi connectivity index (χ1) is 7.83. The molecule has 2 atom stereocenters. The van der Waals surface area contributed by atoms with E-state index in [-0.39, 0.29) is 0 Å². The molecular weight excluding hydrogens is 218 g/mol. The van der Waals surface area contributed by atoms with E-state index in [2.05, 4.69) is 28.7 Å². The van der Waals surface area contributed by atoms with Gasteiger partial charge in [-0.15, -0.1) is 0 Å². The molecule has 0 aromatic carbocycles. The van der Waals surface area contributed by atoms with E-state index in [4.69, 9.17) is 0 Å². The van der Waals surface area contributed by atoms with Crippen LogP contribution in [0.25, 0.3) is 0 Å². The SMILES string of the molecule is CCSCC(C)n1cncc1[C@@H]1CCCN1. The molecule has 1 N–H and O–H groups in total. The zero-order valence-electron chi connectivity index (χ0n) is 10.1. The van der Waals surface area contributed by atoms with Gasteiger partial charge in [0.25, 0.3) is 0 Å². The Labute approximate surface area is 102 Å². The largest absolute Gasteiger partial charge is 0.330 e. The molecule has 90 valence electrons. The monoisotopic (exact) mass is 239 g/mol. The van der Waals surface area contributed by atoms with Crippen molar-refractivity contribution in [1.29, 1.82) is 0 Å². The molecule has 1 saturated heterocycles. The van der Waals surface area contributed by atoms with Gasteiger partial charge in [-0.2, -0.15) is 11.8 Å². The minimum Gasteiger partial charge on any atom is -0.330 e. The molecule has 4 heteroatoms. The smallest absolute Gasteiger partial charge is 0.0951 e. The van der Waals surface area contributed by atoms with Crippen molar-refractivity contribution >= 4 is 11.8 Å². The lowest BCUT2D eigenvalue weighted by Crippen LogP contribution is -2.19. The van der Waals surface area contributed by atoms with Crippen molar-refractivity contribution in [3.05, 3.63) is 18.2 Å². The Hall–Kier alpha value is -0.480. The number of nitrogens with zero attached hydrogens (tertiary/aromatic N) is 2. The Balaban J connectivity index is 2.05. The van der Waals surface area contributed by atoms with Gasteiger partial charge in [0, 0.05) is 24.0 Å². The fraction of sp³-hybridized carbons (Fsp3) is 0.750. The first-order valence-corrected chi connectivity index (χ1v) is 7.31. The van der Waals surface area contributed by atoms with Crippen LogP contribution in [0.3, 0.4) is 0 Å². The number of aromatic nitrogens is 2. The molecular formula is C12H21N3S.